The zero-order chi connectivity index (χ0) is 14.3. The van der Waals surface area contributed by atoms with Crippen LogP contribution in [0.4, 0.5) is 4.39 Å². The van der Waals surface area contributed by atoms with Gasteiger partial charge >= 0.3 is 0 Å². The lowest BCUT2D eigenvalue weighted by atomic mass is 9.75. The number of nitrogens with two attached hydrogens (primary N) is 1. The van der Waals surface area contributed by atoms with Crippen molar-refractivity contribution in [2.24, 2.45) is 5.73 Å². The summed E-state index contributed by atoms with van der Waals surface area (Å²) in [7, 11) is 0. The topological polar surface area (TPSA) is 64.9 Å². The van der Waals surface area contributed by atoms with E-state index in [1.54, 1.807) is 12.1 Å². The average Bonchev–Trinajstić information content (AvgIpc) is 2.77. The number of benzene rings is 1. The first-order valence-electron chi connectivity index (χ1n) is 6.11. The third-order valence-electron chi connectivity index (χ3n) is 3.65. The fraction of sp³-hybridized carbons (Fsp3) is 0.429. The number of nitrogens with zero attached hydrogens (tertiary/aromatic N) is 2. The minimum Gasteiger partial charge on any atom is -0.338 e. The average molecular weight is 263 g/mol. The molecule has 0 aliphatic rings. The normalized spacial score (nSPS) is 12.7. The van der Waals surface area contributed by atoms with Crippen LogP contribution in [-0.2, 0) is 5.41 Å². The number of hydrogen-bond acceptors (Lipinski definition) is 4. The van der Waals surface area contributed by atoms with Crippen LogP contribution in [0.5, 0.6) is 0 Å². The Hall–Kier alpha value is -1.75. The molecule has 0 spiro atoms. The zero-order valence-corrected chi connectivity index (χ0v) is 11.6. The van der Waals surface area contributed by atoms with Gasteiger partial charge in [0.05, 0.1) is 5.41 Å². The van der Waals surface area contributed by atoms with Crippen LogP contribution in [-0.4, -0.2) is 15.7 Å². The molecule has 1 aromatic carbocycles. The Morgan fingerprint density at radius 1 is 1.21 bits per heavy atom. The van der Waals surface area contributed by atoms with Gasteiger partial charge in [-0.05, 0) is 39.8 Å². The van der Waals surface area contributed by atoms with Crippen LogP contribution in [0.25, 0.3) is 11.4 Å². The van der Waals surface area contributed by atoms with E-state index in [2.05, 4.69) is 10.1 Å². The molecule has 0 saturated carbocycles. The van der Waals surface area contributed by atoms with Crippen molar-refractivity contribution in [3.8, 4) is 11.4 Å². The lowest BCUT2D eigenvalue weighted by Gasteiger charge is -2.34. The van der Waals surface area contributed by atoms with Gasteiger partial charge < -0.3 is 10.3 Å². The molecule has 0 aliphatic heterocycles. The highest BCUT2D eigenvalue weighted by Crippen LogP contribution is 2.32. The van der Waals surface area contributed by atoms with E-state index < -0.39 is 11.0 Å². The molecule has 2 aromatic rings. The molecule has 0 radical (unpaired) electrons. The van der Waals surface area contributed by atoms with E-state index in [1.165, 1.54) is 12.1 Å². The highest BCUT2D eigenvalue weighted by atomic mass is 19.1. The minimum absolute atomic E-state index is 0.331. The second-order valence-electron chi connectivity index (χ2n) is 5.78. The molecule has 0 unspecified atom stereocenters. The second kappa shape index (κ2) is 4.42. The quantitative estimate of drug-likeness (QED) is 0.924. The van der Waals surface area contributed by atoms with E-state index in [0.717, 1.165) is 0 Å². The molecule has 0 bridgehead atoms. The number of aromatic nitrogens is 2. The third kappa shape index (κ3) is 2.51. The molecule has 19 heavy (non-hydrogen) atoms. The van der Waals surface area contributed by atoms with Gasteiger partial charge in [-0.25, -0.2) is 4.39 Å². The highest BCUT2D eigenvalue weighted by Gasteiger charge is 2.40. The zero-order valence-electron chi connectivity index (χ0n) is 11.6. The molecule has 0 atom stereocenters. The van der Waals surface area contributed by atoms with E-state index in [4.69, 9.17) is 10.3 Å². The Morgan fingerprint density at radius 3 is 2.47 bits per heavy atom. The Bertz CT molecular complexity index is 584. The standard InChI is InChI=1S/C14H18FN3O/c1-13(2,14(3,4)16)12-17-11(18-19-12)9-6-5-7-10(15)8-9/h5-8H,16H2,1-4H3. The van der Waals surface area contributed by atoms with Crippen molar-refractivity contribution in [1.29, 1.82) is 0 Å². The summed E-state index contributed by atoms with van der Waals surface area (Å²) in [5.41, 5.74) is 5.72. The Balaban J connectivity index is 2.40. The van der Waals surface area contributed by atoms with Crippen LogP contribution < -0.4 is 5.73 Å². The molecule has 0 aliphatic carbocycles. The molecule has 2 rings (SSSR count). The first-order valence-corrected chi connectivity index (χ1v) is 6.11. The first-order chi connectivity index (χ1) is 8.72. The van der Waals surface area contributed by atoms with Crippen molar-refractivity contribution >= 4 is 0 Å². The van der Waals surface area contributed by atoms with E-state index in [-0.39, 0.29) is 5.82 Å². The second-order valence-corrected chi connectivity index (χ2v) is 5.78. The molecule has 4 nitrogen and oxygen atoms in total. The van der Waals surface area contributed by atoms with Gasteiger partial charge in [-0.1, -0.05) is 17.3 Å². The van der Waals surface area contributed by atoms with Crippen LogP contribution in [0.2, 0.25) is 0 Å². The molecule has 0 fully saturated rings. The molecule has 1 aromatic heterocycles. The lowest BCUT2D eigenvalue weighted by molar-refractivity contribution is 0.223. The van der Waals surface area contributed by atoms with Crippen molar-refractivity contribution in [2.75, 3.05) is 0 Å². The van der Waals surface area contributed by atoms with E-state index in [1.807, 2.05) is 27.7 Å². The van der Waals surface area contributed by atoms with E-state index >= 15 is 0 Å². The predicted molar refractivity (Wildman–Crippen MR) is 71.0 cm³/mol. The van der Waals surface area contributed by atoms with Crippen molar-refractivity contribution < 1.29 is 8.91 Å². The Kier molecular flexibility index (Phi) is 3.18. The Morgan fingerprint density at radius 2 is 1.89 bits per heavy atom. The summed E-state index contributed by atoms with van der Waals surface area (Å²) < 4.78 is 18.5. The molecular formula is C14H18FN3O. The maximum atomic E-state index is 13.2. The van der Waals surface area contributed by atoms with E-state index in [0.29, 0.717) is 17.3 Å². The maximum Gasteiger partial charge on any atom is 0.234 e. The molecule has 2 N–H and O–H groups in total. The number of rotatable bonds is 3. The fourth-order valence-electron chi connectivity index (χ4n) is 1.50. The number of hydrogen-bond donors (Lipinski definition) is 1. The number of halogens is 1. The van der Waals surface area contributed by atoms with Gasteiger partial charge in [0.1, 0.15) is 5.82 Å². The van der Waals surface area contributed by atoms with Gasteiger partial charge in [0.2, 0.25) is 11.7 Å². The summed E-state index contributed by atoms with van der Waals surface area (Å²) in [5.74, 6) is 0.480. The van der Waals surface area contributed by atoms with Gasteiger partial charge in [-0.2, -0.15) is 4.98 Å². The largest absolute Gasteiger partial charge is 0.338 e. The van der Waals surface area contributed by atoms with Gasteiger partial charge in [0, 0.05) is 11.1 Å². The summed E-state index contributed by atoms with van der Waals surface area (Å²) in [6.45, 7) is 7.68. The minimum atomic E-state index is -0.515. The molecule has 102 valence electrons. The molecule has 1 heterocycles. The van der Waals surface area contributed by atoms with Crippen molar-refractivity contribution in [1.82, 2.24) is 10.1 Å². The monoisotopic (exact) mass is 263 g/mol. The van der Waals surface area contributed by atoms with Crippen molar-refractivity contribution in [3.63, 3.8) is 0 Å². The summed E-state index contributed by atoms with van der Waals surface area (Å²) in [6, 6.07) is 6.09. The van der Waals surface area contributed by atoms with Crippen LogP contribution in [0.1, 0.15) is 33.6 Å². The highest BCUT2D eigenvalue weighted by molar-refractivity contribution is 5.54. The van der Waals surface area contributed by atoms with Crippen LogP contribution in [0.15, 0.2) is 28.8 Å². The van der Waals surface area contributed by atoms with Crippen LogP contribution in [0.3, 0.4) is 0 Å². The molecule has 0 saturated heterocycles. The van der Waals surface area contributed by atoms with Gasteiger partial charge in [-0.3, -0.25) is 0 Å². The summed E-state index contributed by atoms with van der Waals surface area (Å²) in [6.07, 6.45) is 0. The van der Waals surface area contributed by atoms with E-state index in [9.17, 15) is 4.39 Å². The van der Waals surface area contributed by atoms with Crippen LogP contribution in [0, 0.1) is 5.82 Å². The SMILES string of the molecule is CC(C)(N)C(C)(C)c1nc(-c2cccc(F)c2)no1. The first kappa shape index (κ1) is 13.7. The summed E-state index contributed by atoms with van der Waals surface area (Å²) in [4.78, 5) is 4.34. The predicted octanol–water partition coefficient (Wildman–Crippen LogP) is 2.89. The fourth-order valence-corrected chi connectivity index (χ4v) is 1.50. The van der Waals surface area contributed by atoms with Crippen LogP contribution >= 0.6 is 0 Å². The third-order valence-corrected chi connectivity index (χ3v) is 3.65. The smallest absolute Gasteiger partial charge is 0.234 e. The van der Waals surface area contributed by atoms with Crippen molar-refractivity contribution in [3.05, 3.63) is 36.0 Å². The molecule has 5 heteroatoms. The Labute approximate surface area is 111 Å². The maximum absolute atomic E-state index is 13.2. The summed E-state index contributed by atoms with van der Waals surface area (Å²) in [5, 5.41) is 3.90. The van der Waals surface area contributed by atoms with Gasteiger partial charge in [-0.15, -0.1) is 0 Å². The van der Waals surface area contributed by atoms with Gasteiger partial charge in [0.25, 0.3) is 0 Å². The van der Waals surface area contributed by atoms with Gasteiger partial charge in [0.15, 0.2) is 0 Å². The summed E-state index contributed by atoms with van der Waals surface area (Å²) >= 11 is 0. The van der Waals surface area contributed by atoms with Crippen molar-refractivity contribution in [2.45, 2.75) is 38.6 Å². The molecular weight excluding hydrogens is 245 g/mol. The lowest BCUT2D eigenvalue weighted by Crippen LogP contribution is -2.50. The molecule has 0 amide bonds.